The number of alkyl halides is 5. The molecule has 1 N–H and O–H groups in total. The van der Waals surface area contributed by atoms with Gasteiger partial charge in [-0.15, -0.1) is 0 Å². The van der Waals surface area contributed by atoms with Gasteiger partial charge in [-0.25, -0.2) is 8.42 Å². The van der Waals surface area contributed by atoms with Crippen LogP contribution in [0.5, 0.6) is 0 Å². The molecule has 0 bridgehead atoms. The molecule has 1 aromatic rings. The minimum Gasteiger partial charge on any atom is -0.376 e. The predicted molar refractivity (Wildman–Crippen MR) is 120 cm³/mol. The lowest BCUT2D eigenvalue weighted by atomic mass is 9.96. The van der Waals surface area contributed by atoms with Crippen molar-refractivity contribution >= 4 is 10.0 Å². The summed E-state index contributed by atoms with van der Waals surface area (Å²) in [5.41, 5.74) is -3.84. The third-order valence-electron chi connectivity index (χ3n) is 5.71. The average molecular weight is 509 g/mol. The lowest BCUT2D eigenvalue weighted by molar-refractivity contribution is -0.258. The molecule has 2 atom stereocenters. The summed E-state index contributed by atoms with van der Waals surface area (Å²) >= 11 is 0. The summed E-state index contributed by atoms with van der Waals surface area (Å²) in [5.74, 6) is -3.17. The van der Waals surface area contributed by atoms with Gasteiger partial charge in [-0.3, -0.25) is 4.90 Å². The molecule has 190 valence electrons. The van der Waals surface area contributed by atoms with Gasteiger partial charge >= 0.3 is 6.18 Å². The summed E-state index contributed by atoms with van der Waals surface area (Å²) in [5, 5.41) is 9.77. The van der Waals surface area contributed by atoms with Crippen LogP contribution in [0.4, 0.5) is 22.0 Å². The number of sulfonamides is 1. The van der Waals surface area contributed by atoms with Crippen molar-refractivity contribution in [2.75, 3.05) is 26.2 Å². The van der Waals surface area contributed by atoms with E-state index in [4.69, 9.17) is 0 Å². The minimum atomic E-state index is -4.94. The van der Waals surface area contributed by atoms with Gasteiger partial charge in [0.05, 0.1) is 11.4 Å². The summed E-state index contributed by atoms with van der Waals surface area (Å²) in [4.78, 5) is 1.23. The normalized spacial score (nSPS) is 21.6. The van der Waals surface area contributed by atoms with E-state index in [9.17, 15) is 35.5 Å². The number of aliphatic hydroxyl groups is 1. The first-order valence-electron chi connectivity index (χ1n) is 10.6. The molecule has 0 amide bonds. The number of nitrogens with zero attached hydrogens (tertiary/aromatic N) is 2. The Morgan fingerprint density at radius 3 is 2.24 bits per heavy atom. The molecular weight excluding hydrogens is 479 g/mol. The number of rotatable bonds is 8. The van der Waals surface area contributed by atoms with Crippen LogP contribution in [0, 0.1) is 0 Å². The lowest BCUT2D eigenvalue weighted by Crippen LogP contribution is -2.55. The summed E-state index contributed by atoms with van der Waals surface area (Å²) < 4.78 is 95.9. The molecule has 5 nitrogen and oxygen atoms in total. The number of piperazine rings is 1. The maximum absolute atomic E-state index is 14.7. The van der Waals surface area contributed by atoms with E-state index in [1.165, 1.54) is 29.2 Å². The average Bonchev–Trinajstić information content (AvgIpc) is 2.72. The van der Waals surface area contributed by atoms with E-state index in [2.05, 4.69) is 6.58 Å². The number of halogens is 5. The predicted octanol–water partition coefficient (Wildman–Crippen LogP) is 4.48. The zero-order valence-corrected chi connectivity index (χ0v) is 20.0. The fraction of sp³-hybridized carbons (Fsp3) is 0.478. The van der Waals surface area contributed by atoms with E-state index in [0.717, 1.165) is 28.6 Å². The number of hydrogen-bond donors (Lipinski definition) is 1. The number of hydrogen-bond acceptors (Lipinski definition) is 4. The highest BCUT2D eigenvalue weighted by molar-refractivity contribution is 7.89. The van der Waals surface area contributed by atoms with Gasteiger partial charge in [-0.05, 0) is 38.5 Å². The second-order valence-corrected chi connectivity index (χ2v) is 10.2. The Balaban J connectivity index is 2.17. The first kappa shape index (κ1) is 28.2. The Morgan fingerprint density at radius 1 is 1.18 bits per heavy atom. The van der Waals surface area contributed by atoms with Crippen molar-refractivity contribution < 1.29 is 35.5 Å². The van der Waals surface area contributed by atoms with Gasteiger partial charge in [0.1, 0.15) is 0 Å². The third kappa shape index (κ3) is 5.94. The highest BCUT2D eigenvalue weighted by Gasteiger charge is 2.51. The second kappa shape index (κ2) is 10.3. The quantitative estimate of drug-likeness (QED) is 0.416. The third-order valence-corrected chi connectivity index (χ3v) is 7.74. The van der Waals surface area contributed by atoms with Crippen LogP contribution in [0.15, 0.2) is 65.6 Å². The second-order valence-electron chi connectivity index (χ2n) is 8.36. The molecule has 1 fully saturated rings. The van der Waals surface area contributed by atoms with Gasteiger partial charge in [0, 0.05) is 31.2 Å². The largest absolute Gasteiger partial charge is 0.421 e. The maximum atomic E-state index is 14.7. The minimum absolute atomic E-state index is 0.0485. The number of allylic oxidation sites excluding steroid dienone is 4. The molecular formula is C23H29F5N2O3S. The van der Waals surface area contributed by atoms with Crippen molar-refractivity contribution in [2.24, 2.45) is 0 Å². The molecule has 34 heavy (non-hydrogen) atoms. The van der Waals surface area contributed by atoms with Gasteiger partial charge in [0.25, 0.3) is 5.92 Å². The van der Waals surface area contributed by atoms with Crippen molar-refractivity contribution in [2.45, 2.75) is 49.4 Å². The zero-order valence-electron chi connectivity index (χ0n) is 19.2. The SMILES string of the molecule is C=C/C=C(\C=C/C)C(F)(F)CN1CCN(S(=O)(=O)c2ccc(C(C)(O)C(F)(F)F)cc2)C(C)C1. The Morgan fingerprint density at radius 2 is 1.76 bits per heavy atom. The van der Waals surface area contributed by atoms with Crippen LogP contribution < -0.4 is 0 Å². The van der Waals surface area contributed by atoms with Crippen LogP contribution in [0.1, 0.15) is 26.3 Å². The van der Waals surface area contributed by atoms with Crippen molar-refractivity contribution in [1.29, 1.82) is 0 Å². The molecule has 1 aromatic carbocycles. The van der Waals surface area contributed by atoms with E-state index in [-0.39, 0.29) is 30.1 Å². The molecule has 0 aliphatic carbocycles. The fourth-order valence-corrected chi connectivity index (χ4v) is 5.36. The topological polar surface area (TPSA) is 60.9 Å². The van der Waals surface area contributed by atoms with E-state index >= 15 is 0 Å². The van der Waals surface area contributed by atoms with Gasteiger partial charge < -0.3 is 5.11 Å². The molecule has 1 aliphatic rings. The van der Waals surface area contributed by atoms with E-state index in [1.54, 1.807) is 13.8 Å². The van der Waals surface area contributed by atoms with Crippen LogP contribution in [0.3, 0.4) is 0 Å². The van der Waals surface area contributed by atoms with Crippen molar-refractivity contribution in [1.82, 2.24) is 9.21 Å². The molecule has 0 aromatic heterocycles. The first-order chi connectivity index (χ1) is 15.6. The molecule has 1 aliphatic heterocycles. The molecule has 1 saturated heterocycles. The highest BCUT2D eigenvalue weighted by Crippen LogP contribution is 2.39. The molecule has 2 rings (SSSR count). The molecule has 1 heterocycles. The Kier molecular flexibility index (Phi) is 8.50. The van der Waals surface area contributed by atoms with Crippen LogP contribution in [-0.4, -0.2) is 67.0 Å². The Bertz CT molecular complexity index is 1030. The standard InChI is InChI=1S/C23H29F5N2O3S/c1-5-7-19(8-6-2)22(24,25)16-29-13-14-30(17(3)15-29)34(32,33)20-11-9-18(10-12-20)21(4,31)23(26,27)28/h5-12,17,31H,1,13-16H2,2-4H3/b8-6-,19-7+. The summed E-state index contributed by atoms with van der Waals surface area (Å²) in [6.07, 6.45) is 0.356. The lowest BCUT2D eigenvalue weighted by Gasteiger charge is -2.40. The van der Waals surface area contributed by atoms with E-state index < -0.39 is 45.9 Å². The highest BCUT2D eigenvalue weighted by atomic mass is 32.2. The van der Waals surface area contributed by atoms with Crippen LogP contribution in [0.2, 0.25) is 0 Å². The van der Waals surface area contributed by atoms with Gasteiger partial charge in [-0.1, -0.05) is 43.0 Å². The van der Waals surface area contributed by atoms with Crippen LogP contribution in [0.25, 0.3) is 0 Å². The first-order valence-corrected chi connectivity index (χ1v) is 12.0. The summed E-state index contributed by atoms with van der Waals surface area (Å²) in [7, 11) is -4.09. The van der Waals surface area contributed by atoms with Crippen LogP contribution >= 0.6 is 0 Å². The van der Waals surface area contributed by atoms with Crippen LogP contribution in [-0.2, 0) is 15.6 Å². The monoisotopic (exact) mass is 508 g/mol. The molecule has 0 spiro atoms. The van der Waals surface area contributed by atoms with Crippen molar-refractivity contribution in [3.05, 3.63) is 66.3 Å². The number of benzene rings is 1. The molecule has 0 radical (unpaired) electrons. The molecule has 11 heteroatoms. The Hall–Kier alpha value is -2.08. The van der Waals surface area contributed by atoms with Gasteiger partial charge in [0.15, 0.2) is 5.60 Å². The van der Waals surface area contributed by atoms with E-state index in [1.807, 2.05) is 0 Å². The fourth-order valence-electron chi connectivity index (χ4n) is 3.75. The summed E-state index contributed by atoms with van der Waals surface area (Å²) in [6.45, 7) is 6.67. The van der Waals surface area contributed by atoms with Crippen molar-refractivity contribution in [3.63, 3.8) is 0 Å². The smallest absolute Gasteiger partial charge is 0.376 e. The summed E-state index contributed by atoms with van der Waals surface area (Å²) in [6, 6.07) is 3.18. The van der Waals surface area contributed by atoms with Gasteiger partial charge in [-0.2, -0.15) is 26.3 Å². The molecule has 0 saturated carbocycles. The van der Waals surface area contributed by atoms with Crippen molar-refractivity contribution in [3.8, 4) is 0 Å². The van der Waals surface area contributed by atoms with Gasteiger partial charge in [0.2, 0.25) is 10.0 Å². The Labute approximate surface area is 196 Å². The molecule has 2 unspecified atom stereocenters. The zero-order chi connectivity index (χ0) is 25.9. The maximum Gasteiger partial charge on any atom is 0.421 e. The van der Waals surface area contributed by atoms with E-state index in [0.29, 0.717) is 6.92 Å².